The van der Waals surface area contributed by atoms with E-state index < -0.39 is 17.7 Å². The van der Waals surface area contributed by atoms with Gasteiger partial charge in [-0.25, -0.2) is 4.98 Å². The van der Waals surface area contributed by atoms with E-state index >= 15 is 0 Å². The van der Waals surface area contributed by atoms with Gasteiger partial charge >= 0.3 is 5.91 Å². The van der Waals surface area contributed by atoms with Gasteiger partial charge in [0.1, 0.15) is 11.5 Å². The predicted octanol–water partition coefficient (Wildman–Crippen LogP) is 4.82. The minimum atomic E-state index is -0.841. The number of Topliss-reactive ketones (excluding diaryl/α,β-unsaturated/α-hetero) is 1. The van der Waals surface area contributed by atoms with Gasteiger partial charge in [0, 0.05) is 22.2 Å². The SMILES string of the molecule is CCOc1cccc(C2/C(=C(\O)c3ccc(Cl)cc3)C(=O)C(=O)N2c2nccs2)c1. The fraction of sp³-hybridized carbons (Fsp3) is 0.136. The standard InChI is InChI=1S/C22H17ClN2O4S/c1-2-29-16-5-3-4-14(12-16)18-17(19(26)13-6-8-15(23)9-7-13)20(27)21(28)25(18)22-24-10-11-30-22/h3-12,18,26H,2H2,1H3/b19-17+. The van der Waals surface area contributed by atoms with Crippen molar-refractivity contribution in [2.45, 2.75) is 13.0 Å². The molecule has 1 atom stereocenters. The van der Waals surface area contributed by atoms with E-state index in [-0.39, 0.29) is 11.3 Å². The van der Waals surface area contributed by atoms with Gasteiger partial charge in [0.05, 0.1) is 18.2 Å². The largest absolute Gasteiger partial charge is 0.507 e. The molecular weight excluding hydrogens is 424 g/mol. The topological polar surface area (TPSA) is 79.7 Å². The van der Waals surface area contributed by atoms with E-state index in [1.54, 1.807) is 60.1 Å². The first-order chi connectivity index (χ1) is 14.5. The van der Waals surface area contributed by atoms with Crippen molar-refractivity contribution in [1.29, 1.82) is 0 Å². The summed E-state index contributed by atoms with van der Waals surface area (Å²) < 4.78 is 5.58. The van der Waals surface area contributed by atoms with Crippen LogP contribution in [0.5, 0.6) is 5.75 Å². The van der Waals surface area contributed by atoms with Crippen LogP contribution < -0.4 is 9.64 Å². The third-order valence-electron chi connectivity index (χ3n) is 4.67. The molecule has 152 valence electrons. The molecule has 1 N–H and O–H groups in total. The van der Waals surface area contributed by atoms with Crippen molar-refractivity contribution in [3.05, 3.63) is 81.8 Å². The molecule has 1 amide bonds. The van der Waals surface area contributed by atoms with E-state index in [2.05, 4.69) is 4.98 Å². The lowest BCUT2D eigenvalue weighted by Crippen LogP contribution is -2.29. The van der Waals surface area contributed by atoms with E-state index in [0.29, 0.717) is 33.6 Å². The van der Waals surface area contributed by atoms with Crippen molar-refractivity contribution in [2.24, 2.45) is 0 Å². The second kappa shape index (κ2) is 8.30. The molecule has 30 heavy (non-hydrogen) atoms. The molecule has 4 rings (SSSR count). The molecule has 2 heterocycles. The van der Waals surface area contributed by atoms with E-state index in [9.17, 15) is 14.7 Å². The van der Waals surface area contributed by atoms with Crippen molar-refractivity contribution in [1.82, 2.24) is 4.98 Å². The number of benzene rings is 2. The summed E-state index contributed by atoms with van der Waals surface area (Å²) in [4.78, 5) is 31.5. The number of aliphatic hydroxyl groups is 1. The van der Waals surface area contributed by atoms with Crippen LogP contribution >= 0.6 is 22.9 Å². The highest BCUT2D eigenvalue weighted by atomic mass is 35.5. The zero-order valence-corrected chi connectivity index (χ0v) is 17.5. The predicted molar refractivity (Wildman–Crippen MR) is 116 cm³/mol. The quantitative estimate of drug-likeness (QED) is 0.349. The Bertz CT molecular complexity index is 1130. The van der Waals surface area contributed by atoms with E-state index in [4.69, 9.17) is 16.3 Å². The van der Waals surface area contributed by atoms with E-state index in [0.717, 1.165) is 0 Å². The lowest BCUT2D eigenvalue weighted by Gasteiger charge is -2.23. The van der Waals surface area contributed by atoms with Gasteiger partial charge in [0.2, 0.25) is 0 Å². The maximum absolute atomic E-state index is 13.0. The number of aliphatic hydroxyl groups excluding tert-OH is 1. The van der Waals surface area contributed by atoms with Crippen LogP contribution in [-0.2, 0) is 9.59 Å². The highest BCUT2D eigenvalue weighted by Crippen LogP contribution is 2.43. The van der Waals surface area contributed by atoms with Crippen LogP contribution in [0, 0.1) is 0 Å². The Morgan fingerprint density at radius 3 is 2.67 bits per heavy atom. The highest BCUT2D eigenvalue weighted by Gasteiger charge is 2.48. The molecule has 8 heteroatoms. The number of carbonyl (C=O) groups excluding carboxylic acids is 2. The summed E-state index contributed by atoms with van der Waals surface area (Å²) in [5.74, 6) is -1.18. The number of halogens is 1. The molecule has 1 saturated heterocycles. The van der Waals surface area contributed by atoms with Gasteiger partial charge < -0.3 is 9.84 Å². The van der Waals surface area contributed by atoms with Crippen molar-refractivity contribution in [2.75, 3.05) is 11.5 Å². The Labute approximate surface area is 182 Å². The van der Waals surface area contributed by atoms with Crippen LogP contribution in [0.25, 0.3) is 5.76 Å². The number of amides is 1. The first kappa shape index (κ1) is 20.1. The van der Waals surface area contributed by atoms with Gasteiger partial charge in [-0.1, -0.05) is 23.7 Å². The number of anilines is 1. The maximum atomic E-state index is 13.0. The van der Waals surface area contributed by atoms with Gasteiger partial charge in [-0.05, 0) is 48.9 Å². The van der Waals surface area contributed by atoms with Crippen molar-refractivity contribution in [3.8, 4) is 5.75 Å². The highest BCUT2D eigenvalue weighted by molar-refractivity contribution is 7.14. The Hall–Kier alpha value is -3.16. The van der Waals surface area contributed by atoms with Crippen molar-refractivity contribution < 1.29 is 19.4 Å². The number of hydrogen-bond donors (Lipinski definition) is 1. The summed E-state index contributed by atoms with van der Waals surface area (Å²) in [6.45, 7) is 2.34. The second-order valence-corrected chi connectivity index (χ2v) is 7.81. The first-order valence-electron chi connectivity index (χ1n) is 9.20. The van der Waals surface area contributed by atoms with Crippen LogP contribution in [0.15, 0.2) is 65.7 Å². The molecule has 2 aromatic carbocycles. The molecular formula is C22H17ClN2O4S. The fourth-order valence-corrected chi connectivity index (χ4v) is 4.18. The number of carbonyl (C=O) groups is 2. The summed E-state index contributed by atoms with van der Waals surface area (Å²) in [5.41, 5.74) is 1.01. The van der Waals surface area contributed by atoms with Gasteiger partial charge in [0.25, 0.3) is 5.78 Å². The lowest BCUT2D eigenvalue weighted by molar-refractivity contribution is -0.132. The van der Waals surface area contributed by atoms with Gasteiger partial charge in [-0.2, -0.15) is 0 Å². The van der Waals surface area contributed by atoms with Crippen LogP contribution in [0.3, 0.4) is 0 Å². The summed E-state index contributed by atoms with van der Waals surface area (Å²) in [5, 5.41) is 13.6. The van der Waals surface area contributed by atoms with Gasteiger partial charge in [-0.15, -0.1) is 11.3 Å². The smallest absolute Gasteiger partial charge is 0.301 e. The van der Waals surface area contributed by atoms with Crippen LogP contribution in [0.2, 0.25) is 5.02 Å². The molecule has 1 fully saturated rings. The Balaban J connectivity index is 1.92. The number of rotatable bonds is 5. The van der Waals surface area contributed by atoms with Crippen molar-refractivity contribution in [3.63, 3.8) is 0 Å². The average molecular weight is 441 g/mol. The maximum Gasteiger partial charge on any atom is 0.301 e. The average Bonchev–Trinajstić information content (AvgIpc) is 3.36. The molecule has 0 aliphatic carbocycles. The molecule has 3 aromatic rings. The molecule has 1 aliphatic heterocycles. The van der Waals surface area contributed by atoms with Crippen LogP contribution in [0.1, 0.15) is 24.1 Å². The molecule has 0 radical (unpaired) electrons. The van der Waals surface area contributed by atoms with Crippen molar-refractivity contribution >= 4 is 45.5 Å². The third-order valence-corrected chi connectivity index (χ3v) is 5.69. The monoisotopic (exact) mass is 440 g/mol. The van der Waals surface area contributed by atoms with Crippen LogP contribution in [0.4, 0.5) is 5.13 Å². The molecule has 1 aromatic heterocycles. The van der Waals surface area contributed by atoms with E-state index in [1.807, 2.05) is 6.92 Å². The van der Waals surface area contributed by atoms with Gasteiger partial charge in [0.15, 0.2) is 5.13 Å². The molecule has 0 saturated carbocycles. The number of thiazole rings is 1. The molecule has 6 nitrogen and oxygen atoms in total. The number of ketones is 1. The fourth-order valence-electron chi connectivity index (χ4n) is 3.38. The van der Waals surface area contributed by atoms with Crippen LogP contribution in [-0.4, -0.2) is 28.4 Å². The summed E-state index contributed by atoms with van der Waals surface area (Å²) >= 11 is 7.18. The lowest BCUT2D eigenvalue weighted by atomic mass is 9.95. The molecule has 1 aliphatic rings. The van der Waals surface area contributed by atoms with E-state index in [1.165, 1.54) is 16.2 Å². The zero-order valence-electron chi connectivity index (χ0n) is 15.9. The third kappa shape index (κ3) is 3.58. The zero-order chi connectivity index (χ0) is 21.3. The Kier molecular flexibility index (Phi) is 5.57. The number of ether oxygens (including phenoxy) is 1. The first-order valence-corrected chi connectivity index (χ1v) is 10.5. The Morgan fingerprint density at radius 2 is 2.00 bits per heavy atom. The number of nitrogens with zero attached hydrogens (tertiary/aromatic N) is 2. The second-order valence-electron chi connectivity index (χ2n) is 6.50. The number of hydrogen-bond acceptors (Lipinski definition) is 6. The minimum absolute atomic E-state index is 0.00818. The Morgan fingerprint density at radius 1 is 1.23 bits per heavy atom. The van der Waals surface area contributed by atoms with Gasteiger partial charge in [-0.3, -0.25) is 14.5 Å². The summed E-state index contributed by atoms with van der Waals surface area (Å²) in [7, 11) is 0. The summed E-state index contributed by atoms with van der Waals surface area (Å²) in [6, 6.07) is 12.7. The summed E-state index contributed by atoms with van der Waals surface area (Å²) in [6.07, 6.45) is 1.56. The normalized spacial score (nSPS) is 18.1. The molecule has 0 bridgehead atoms. The molecule has 1 unspecified atom stereocenters. The molecule has 0 spiro atoms. The minimum Gasteiger partial charge on any atom is -0.507 e. The number of aromatic nitrogens is 1.